The van der Waals surface area contributed by atoms with E-state index in [0.717, 1.165) is 29.4 Å². The predicted molar refractivity (Wildman–Crippen MR) is 92.7 cm³/mol. The van der Waals surface area contributed by atoms with Crippen LogP contribution in [-0.2, 0) is 0 Å². The number of carbonyl (C=O) groups excluding carboxylic acids is 1. The van der Waals surface area contributed by atoms with E-state index in [0.29, 0.717) is 30.3 Å². The molecule has 0 unspecified atom stereocenters. The number of halogens is 1. The third kappa shape index (κ3) is 5.28. The highest BCUT2D eigenvalue weighted by Crippen LogP contribution is 2.28. The second-order valence-corrected chi connectivity index (χ2v) is 5.72. The highest BCUT2D eigenvalue weighted by Gasteiger charge is 2.05. The molecule has 0 saturated heterocycles. The molecule has 5 heteroatoms. The summed E-state index contributed by atoms with van der Waals surface area (Å²) in [4.78, 5) is 10.7. The number of unbranched alkanes of at least 4 members (excludes halogenated alkanes) is 1. The van der Waals surface area contributed by atoms with E-state index >= 15 is 0 Å². The molecule has 0 aromatic heterocycles. The number of ether oxygens (including phenoxy) is 3. The van der Waals surface area contributed by atoms with Gasteiger partial charge in [0.25, 0.3) is 0 Å². The van der Waals surface area contributed by atoms with E-state index < -0.39 is 0 Å². The second-order valence-electron chi connectivity index (χ2n) is 4.86. The van der Waals surface area contributed by atoms with Gasteiger partial charge in [-0.3, -0.25) is 4.79 Å². The molecule has 122 valence electrons. The Balaban J connectivity index is 1.71. The average molecular weight is 379 g/mol. The van der Waals surface area contributed by atoms with Crippen LogP contribution in [0.15, 0.2) is 46.9 Å². The van der Waals surface area contributed by atoms with Crippen LogP contribution in [0.1, 0.15) is 23.2 Å². The highest BCUT2D eigenvalue weighted by molar-refractivity contribution is 9.10. The summed E-state index contributed by atoms with van der Waals surface area (Å²) >= 11 is 3.45. The Kier molecular flexibility index (Phi) is 6.94. The molecule has 0 aliphatic heterocycles. The van der Waals surface area contributed by atoms with Crippen molar-refractivity contribution in [1.82, 2.24) is 0 Å². The zero-order valence-electron chi connectivity index (χ0n) is 13.0. The minimum Gasteiger partial charge on any atom is -0.493 e. The molecule has 23 heavy (non-hydrogen) atoms. The normalized spacial score (nSPS) is 10.2. The summed E-state index contributed by atoms with van der Waals surface area (Å²) in [6.45, 7) is 1.20. The average Bonchev–Trinajstić information content (AvgIpc) is 2.59. The van der Waals surface area contributed by atoms with Crippen molar-refractivity contribution < 1.29 is 19.0 Å². The summed E-state index contributed by atoms with van der Waals surface area (Å²) < 4.78 is 17.6. The molecule has 0 aliphatic rings. The van der Waals surface area contributed by atoms with E-state index in [1.807, 2.05) is 24.3 Å². The van der Waals surface area contributed by atoms with Gasteiger partial charge in [-0.15, -0.1) is 0 Å². The molecule has 4 nitrogen and oxygen atoms in total. The van der Waals surface area contributed by atoms with Crippen molar-refractivity contribution in [2.45, 2.75) is 12.8 Å². The lowest BCUT2D eigenvalue weighted by molar-refractivity contribution is 0.112. The van der Waals surface area contributed by atoms with Gasteiger partial charge in [0.05, 0.1) is 24.8 Å². The van der Waals surface area contributed by atoms with Gasteiger partial charge in [0.1, 0.15) is 12.0 Å². The van der Waals surface area contributed by atoms with Crippen LogP contribution >= 0.6 is 15.9 Å². The summed E-state index contributed by atoms with van der Waals surface area (Å²) in [7, 11) is 1.56. The number of methoxy groups -OCH3 is 1. The van der Waals surface area contributed by atoms with E-state index in [-0.39, 0.29) is 0 Å². The Labute approximate surface area is 144 Å². The van der Waals surface area contributed by atoms with Crippen LogP contribution in [0, 0.1) is 0 Å². The standard InChI is InChI=1S/C18H19BrO4/c1-21-18-12-14(13-20)8-9-17(18)23-11-5-4-10-22-16-7-3-2-6-15(16)19/h2-3,6-9,12-13H,4-5,10-11H2,1H3. The van der Waals surface area contributed by atoms with Crippen molar-refractivity contribution in [2.24, 2.45) is 0 Å². The maximum Gasteiger partial charge on any atom is 0.161 e. The zero-order chi connectivity index (χ0) is 16.5. The Hall–Kier alpha value is -2.01. The molecule has 0 saturated carbocycles. The largest absolute Gasteiger partial charge is 0.493 e. The van der Waals surface area contributed by atoms with Gasteiger partial charge < -0.3 is 14.2 Å². The van der Waals surface area contributed by atoms with Crippen molar-refractivity contribution >= 4 is 22.2 Å². The first-order valence-electron chi connectivity index (χ1n) is 7.38. The van der Waals surface area contributed by atoms with Gasteiger partial charge in [-0.25, -0.2) is 0 Å². The van der Waals surface area contributed by atoms with Crippen molar-refractivity contribution in [3.05, 3.63) is 52.5 Å². The Bertz CT molecular complexity index is 643. The molecule has 0 bridgehead atoms. The van der Waals surface area contributed by atoms with Crippen LogP contribution in [0.3, 0.4) is 0 Å². The number of aldehydes is 1. The summed E-state index contributed by atoms with van der Waals surface area (Å²) in [6.07, 6.45) is 2.53. The number of benzene rings is 2. The first-order valence-corrected chi connectivity index (χ1v) is 8.17. The molecular formula is C18H19BrO4. The topological polar surface area (TPSA) is 44.8 Å². The minimum atomic E-state index is 0.566. The molecule has 2 aromatic carbocycles. The van der Waals surface area contributed by atoms with Gasteiger partial charge in [0, 0.05) is 5.56 Å². The molecule has 2 aromatic rings. The first kappa shape index (κ1) is 17.3. The number of carbonyl (C=O) groups is 1. The lowest BCUT2D eigenvalue weighted by Gasteiger charge is -2.11. The van der Waals surface area contributed by atoms with Gasteiger partial charge >= 0.3 is 0 Å². The van der Waals surface area contributed by atoms with Gasteiger partial charge in [-0.2, -0.15) is 0 Å². The van der Waals surface area contributed by atoms with Gasteiger partial charge in [0.15, 0.2) is 11.5 Å². The number of rotatable bonds is 9. The van der Waals surface area contributed by atoms with Crippen LogP contribution in [0.25, 0.3) is 0 Å². The van der Waals surface area contributed by atoms with Crippen LogP contribution in [-0.4, -0.2) is 26.6 Å². The van der Waals surface area contributed by atoms with Gasteiger partial charge in [-0.1, -0.05) is 12.1 Å². The molecule has 0 radical (unpaired) electrons. The summed E-state index contributed by atoms with van der Waals surface area (Å²) in [5.41, 5.74) is 0.566. The smallest absolute Gasteiger partial charge is 0.161 e. The fraction of sp³-hybridized carbons (Fsp3) is 0.278. The predicted octanol–water partition coefficient (Wildman–Crippen LogP) is 4.51. The van der Waals surface area contributed by atoms with E-state index in [2.05, 4.69) is 15.9 Å². The quantitative estimate of drug-likeness (QED) is 0.475. The van der Waals surface area contributed by atoms with Crippen molar-refractivity contribution in [1.29, 1.82) is 0 Å². The fourth-order valence-electron chi connectivity index (χ4n) is 2.01. The zero-order valence-corrected chi connectivity index (χ0v) is 14.5. The van der Waals surface area contributed by atoms with Crippen LogP contribution in [0.5, 0.6) is 17.2 Å². The van der Waals surface area contributed by atoms with Crippen LogP contribution < -0.4 is 14.2 Å². The molecule has 0 N–H and O–H groups in total. The van der Waals surface area contributed by atoms with Gasteiger partial charge in [-0.05, 0) is 59.1 Å². The number of hydrogen-bond acceptors (Lipinski definition) is 4. The lowest BCUT2D eigenvalue weighted by Crippen LogP contribution is -2.03. The van der Waals surface area contributed by atoms with E-state index in [1.165, 1.54) is 0 Å². The fourth-order valence-corrected chi connectivity index (χ4v) is 2.41. The van der Waals surface area contributed by atoms with Crippen LogP contribution in [0.2, 0.25) is 0 Å². The number of hydrogen-bond donors (Lipinski definition) is 0. The van der Waals surface area contributed by atoms with E-state index in [9.17, 15) is 4.79 Å². The van der Waals surface area contributed by atoms with E-state index in [4.69, 9.17) is 14.2 Å². The number of para-hydroxylation sites is 1. The third-order valence-electron chi connectivity index (χ3n) is 3.21. The summed E-state index contributed by atoms with van der Waals surface area (Å²) in [6, 6.07) is 12.9. The Morgan fingerprint density at radius 1 is 0.957 bits per heavy atom. The second kappa shape index (κ2) is 9.20. The molecule has 2 rings (SSSR count). The Morgan fingerprint density at radius 2 is 1.65 bits per heavy atom. The molecule has 0 heterocycles. The minimum absolute atomic E-state index is 0.566. The van der Waals surface area contributed by atoms with Crippen molar-refractivity contribution in [2.75, 3.05) is 20.3 Å². The molecule has 0 aliphatic carbocycles. The summed E-state index contributed by atoms with van der Waals surface area (Å²) in [5.74, 6) is 2.06. The van der Waals surface area contributed by atoms with Crippen molar-refractivity contribution in [3.63, 3.8) is 0 Å². The van der Waals surface area contributed by atoms with E-state index in [1.54, 1.807) is 25.3 Å². The molecule has 0 spiro atoms. The molecule has 0 atom stereocenters. The van der Waals surface area contributed by atoms with Gasteiger partial charge in [0.2, 0.25) is 0 Å². The van der Waals surface area contributed by atoms with Crippen molar-refractivity contribution in [3.8, 4) is 17.2 Å². The molecule has 0 amide bonds. The summed E-state index contributed by atoms with van der Waals surface area (Å²) in [5, 5.41) is 0. The monoisotopic (exact) mass is 378 g/mol. The molecule has 0 fully saturated rings. The third-order valence-corrected chi connectivity index (χ3v) is 3.87. The lowest BCUT2D eigenvalue weighted by atomic mass is 10.2. The van der Waals surface area contributed by atoms with Crippen LogP contribution in [0.4, 0.5) is 0 Å². The maximum absolute atomic E-state index is 10.7. The highest BCUT2D eigenvalue weighted by atomic mass is 79.9. The molecular weight excluding hydrogens is 360 g/mol. The first-order chi connectivity index (χ1) is 11.2. The Morgan fingerprint density at radius 3 is 2.30 bits per heavy atom. The SMILES string of the molecule is COc1cc(C=O)ccc1OCCCCOc1ccccc1Br. The maximum atomic E-state index is 10.7.